The lowest BCUT2D eigenvalue weighted by molar-refractivity contribution is 0.0214. The van der Waals surface area contributed by atoms with Crippen LogP contribution in [-0.2, 0) is 3.79 Å². The molecule has 0 bridgehead atoms. The molecule has 0 aromatic carbocycles. The van der Waals surface area contributed by atoms with Crippen LogP contribution < -0.4 is 0 Å². The Hall–Kier alpha value is 0.452. The summed E-state index contributed by atoms with van der Waals surface area (Å²) in [6.07, 6.45) is 2.77. The molecular formula is C16H36AlNO. The fourth-order valence-corrected chi connectivity index (χ4v) is 5.97. The second-order valence-electron chi connectivity index (χ2n) is 6.48. The molecule has 1 unspecified atom stereocenters. The molecule has 114 valence electrons. The van der Waals surface area contributed by atoms with Crippen LogP contribution in [0.5, 0.6) is 0 Å². The smallest absolute Gasteiger partial charge is 0.462 e. The highest BCUT2D eigenvalue weighted by molar-refractivity contribution is 6.52. The molecule has 0 aromatic heterocycles. The number of hydrogen-bond acceptors (Lipinski definition) is 2. The Morgan fingerprint density at radius 2 is 1.37 bits per heavy atom. The van der Waals surface area contributed by atoms with E-state index in [0.717, 1.165) is 24.9 Å². The van der Waals surface area contributed by atoms with E-state index in [1.54, 1.807) is 0 Å². The molecule has 0 aliphatic rings. The average molecular weight is 285 g/mol. The molecular weight excluding hydrogens is 249 g/mol. The number of hydrogen-bond donors (Lipinski definition) is 0. The van der Waals surface area contributed by atoms with Crippen molar-refractivity contribution >= 4 is 14.5 Å². The highest BCUT2D eigenvalue weighted by Crippen LogP contribution is 2.20. The molecule has 0 fully saturated rings. The Bertz CT molecular complexity index is 195. The van der Waals surface area contributed by atoms with Crippen molar-refractivity contribution in [2.24, 2.45) is 11.8 Å². The summed E-state index contributed by atoms with van der Waals surface area (Å²) >= 11 is -1.06. The zero-order chi connectivity index (χ0) is 14.8. The molecule has 0 spiro atoms. The van der Waals surface area contributed by atoms with Crippen LogP contribution in [0.25, 0.3) is 0 Å². The van der Waals surface area contributed by atoms with Crippen molar-refractivity contribution in [1.82, 2.24) is 4.90 Å². The highest BCUT2D eigenvalue weighted by atomic mass is 27.2. The first-order valence-corrected chi connectivity index (χ1v) is 10.4. The summed E-state index contributed by atoms with van der Waals surface area (Å²) in [6, 6.07) is 0. The van der Waals surface area contributed by atoms with E-state index in [4.69, 9.17) is 3.79 Å². The van der Waals surface area contributed by atoms with Crippen LogP contribution in [0, 0.1) is 11.8 Å². The predicted molar refractivity (Wildman–Crippen MR) is 87.7 cm³/mol. The Morgan fingerprint density at radius 1 is 0.895 bits per heavy atom. The van der Waals surface area contributed by atoms with Crippen LogP contribution in [0.2, 0.25) is 10.6 Å². The Labute approximate surface area is 126 Å². The van der Waals surface area contributed by atoms with Gasteiger partial charge in [-0.05, 0) is 19.5 Å². The van der Waals surface area contributed by atoms with Crippen LogP contribution >= 0.6 is 0 Å². The molecule has 0 aliphatic carbocycles. The second-order valence-corrected chi connectivity index (χ2v) is 8.94. The van der Waals surface area contributed by atoms with E-state index < -0.39 is 14.5 Å². The first-order chi connectivity index (χ1) is 8.94. The molecule has 0 amide bonds. The Balaban J connectivity index is 4.60. The summed E-state index contributed by atoms with van der Waals surface area (Å²) < 4.78 is 6.62. The summed E-state index contributed by atoms with van der Waals surface area (Å²) in [5, 5.41) is 2.64. The maximum absolute atomic E-state index is 6.62. The molecule has 0 saturated carbocycles. The van der Waals surface area contributed by atoms with Gasteiger partial charge in [0.15, 0.2) is 0 Å². The second kappa shape index (κ2) is 11.1. The van der Waals surface area contributed by atoms with E-state index in [9.17, 15) is 0 Å². The van der Waals surface area contributed by atoms with Gasteiger partial charge in [-0.25, -0.2) is 0 Å². The summed E-state index contributed by atoms with van der Waals surface area (Å²) in [4.78, 5) is 2.49. The van der Waals surface area contributed by atoms with E-state index in [1.165, 1.54) is 23.4 Å². The SMILES string of the molecule is CCCC([O][Al]([CH2]C(C)C)[CH2]C(C)C)N(CC)CC. The van der Waals surface area contributed by atoms with E-state index in [-0.39, 0.29) is 0 Å². The van der Waals surface area contributed by atoms with Crippen LogP contribution in [0.4, 0.5) is 0 Å². The van der Waals surface area contributed by atoms with Crippen LogP contribution in [-0.4, -0.2) is 38.7 Å². The maximum atomic E-state index is 6.62. The van der Waals surface area contributed by atoms with Gasteiger partial charge in [-0.15, -0.1) is 0 Å². The number of rotatable bonds is 11. The zero-order valence-electron chi connectivity index (χ0n) is 14.4. The van der Waals surface area contributed by atoms with Gasteiger partial charge in [0, 0.05) is 0 Å². The molecule has 0 rings (SSSR count). The van der Waals surface area contributed by atoms with Gasteiger partial charge in [-0.2, -0.15) is 0 Å². The van der Waals surface area contributed by atoms with Crippen molar-refractivity contribution in [2.75, 3.05) is 13.1 Å². The lowest BCUT2D eigenvalue weighted by Crippen LogP contribution is -2.41. The summed E-state index contributed by atoms with van der Waals surface area (Å²) in [7, 11) is 0. The molecule has 0 N–H and O–H groups in total. The van der Waals surface area contributed by atoms with E-state index in [1.807, 2.05) is 0 Å². The van der Waals surface area contributed by atoms with Crippen LogP contribution in [0.1, 0.15) is 61.3 Å². The fraction of sp³-hybridized carbons (Fsp3) is 1.00. The van der Waals surface area contributed by atoms with Crippen molar-refractivity contribution < 1.29 is 3.79 Å². The quantitative estimate of drug-likeness (QED) is 0.400. The van der Waals surface area contributed by atoms with Gasteiger partial charge < -0.3 is 3.79 Å². The van der Waals surface area contributed by atoms with Crippen molar-refractivity contribution in [3.63, 3.8) is 0 Å². The third kappa shape index (κ3) is 9.08. The minimum atomic E-state index is -1.06. The average Bonchev–Trinajstić information content (AvgIpc) is 2.28. The fourth-order valence-electron chi connectivity index (χ4n) is 2.70. The van der Waals surface area contributed by atoms with Gasteiger partial charge >= 0.3 is 14.5 Å². The molecule has 0 radical (unpaired) electrons. The van der Waals surface area contributed by atoms with Gasteiger partial charge in [0.05, 0.1) is 6.23 Å². The normalized spacial score (nSPS) is 13.6. The minimum Gasteiger partial charge on any atom is -0.487 e. The Morgan fingerprint density at radius 3 is 1.68 bits per heavy atom. The van der Waals surface area contributed by atoms with Gasteiger partial charge in [0.1, 0.15) is 0 Å². The van der Waals surface area contributed by atoms with Crippen molar-refractivity contribution in [3.8, 4) is 0 Å². The van der Waals surface area contributed by atoms with E-state index >= 15 is 0 Å². The van der Waals surface area contributed by atoms with Crippen molar-refractivity contribution in [1.29, 1.82) is 0 Å². The minimum absolute atomic E-state index is 0.370. The summed E-state index contributed by atoms with van der Waals surface area (Å²) in [6.45, 7) is 18.3. The summed E-state index contributed by atoms with van der Waals surface area (Å²) in [5.41, 5.74) is 0. The molecule has 2 nitrogen and oxygen atoms in total. The van der Waals surface area contributed by atoms with Gasteiger partial charge in [-0.3, -0.25) is 4.90 Å². The van der Waals surface area contributed by atoms with Crippen LogP contribution in [0.15, 0.2) is 0 Å². The molecule has 19 heavy (non-hydrogen) atoms. The molecule has 1 atom stereocenters. The molecule has 0 saturated heterocycles. The first-order valence-electron chi connectivity index (χ1n) is 8.33. The molecule has 0 aliphatic heterocycles. The van der Waals surface area contributed by atoms with Gasteiger partial charge in [0.2, 0.25) is 0 Å². The predicted octanol–water partition coefficient (Wildman–Crippen LogP) is 4.77. The third-order valence-corrected chi connectivity index (χ3v) is 7.21. The van der Waals surface area contributed by atoms with Crippen LogP contribution in [0.3, 0.4) is 0 Å². The Kier molecular flexibility index (Phi) is 11.4. The molecule has 0 heterocycles. The first kappa shape index (κ1) is 19.5. The van der Waals surface area contributed by atoms with E-state index in [0.29, 0.717) is 6.23 Å². The lowest BCUT2D eigenvalue weighted by Gasteiger charge is -2.33. The topological polar surface area (TPSA) is 12.5 Å². The van der Waals surface area contributed by atoms with Gasteiger partial charge in [-0.1, -0.05) is 77.3 Å². The molecule has 0 aromatic rings. The standard InChI is InChI=1S/C8H18NO.2C4H9.Al/c1-4-7-8(10)9(5-2)6-3;2*1-4(2)3;/h8H,4-7H2,1-3H3;2*4H,1H2,2-3H3;/q-1;;;+1. The maximum Gasteiger partial charge on any atom is 0.462 e. The van der Waals surface area contributed by atoms with Crippen molar-refractivity contribution in [3.05, 3.63) is 0 Å². The highest BCUT2D eigenvalue weighted by Gasteiger charge is 2.28. The van der Waals surface area contributed by atoms with E-state index in [2.05, 4.69) is 53.4 Å². The zero-order valence-corrected chi connectivity index (χ0v) is 15.6. The monoisotopic (exact) mass is 285 g/mol. The number of nitrogens with zero attached hydrogens (tertiary/aromatic N) is 1. The lowest BCUT2D eigenvalue weighted by atomic mass is 10.3. The largest absolute Gasteiger partial charge is 0.487 e. The summed E-state index contributed by atoms with van der Waals surface area (Å²) in [5.74, 6) is 1.55. The van der Waals surface area contributed by atoms with Crippen molar-refractivity contribution in [2.45, 2.75) is 78.1 Å². The molecule has 3 heteroatoms. The third-order valence-electron chi connectivity index (χ3n) is 3.57. The van der Waals surface area contributed by atoms with Gasteiger partial charge in [0.25, 0.3) is 0 Å².